The molecule has 2 unspecified atom stereocenters. The maximum absolute atomic E-state index is 12.3. The minimum absolute atomic E-state index is 0.00707. The van der Waals surface area contributed by atoms with Gasteiger partial charge in [-0.1, -0.05) is 31.4 Å². The van der Waals surface area contributed by atoms with Crippen LogP contribution < -0.4 is 10.5 Å². The lowest BCUT2D eigenvalue weighted by Crippen LogP contribution is -2.41. The highest BCUT2D eigenvalue weighted by Gasteiger charge is 2.27. The van der Waals surface area contributed by atoms with E-state index in [0.29, 0.717) is 11.6 Å². The van der Waals surface area contributed by atoms with E-state index in [9.17, 15) is 8.42 Å². The summed E-state index contributed by atoms with van der Waals surface area (Å²) in [6, 6.07) is 4.45. The number of nitrogen functional groups attached to an aromatic ring is 1. The SMILES string of the molecule is CC1CCCCC1NS(=O)(=O)c1ccc(N)cc1Cl. The lowest BCUT2D eigenvalue weighted by Gasteiger charge is -2.29. The molecule has 0 aliphatic heterocycles. The summed E-state index contributed by atoms with van der Waals surface area (Å²) in [4.78, 5) is 0.0983. The number of sulfonamides is 1. The van der Waals surface area contributed by atoms with Crippen LogP contribution in [0.4, 0.5) is 5.69 Å². The molecule has 3 N–H and O–H groups in total. The first-order chi connectivity index (χ1) is 8.90. The highest BCUT2D eigenvalue weighted by molar-refractivity contribution is 7.89. The first kappa shape index (κ1) is 14.6. The van der Waals surface area contributed by atoms with E-state index in [0.717, 1.165) is 19.3 Å². The molecule has 6 heteroatoms. The van der Waals surface area contributed by atoms with Gasteiger partial charge in [0, 0.05) is 11.7 Å². The number of hydrogen-bond acceptors (Lipinski definition) is 3. The third-order valence-electron chi connectivity index (χ3n) is 3.66. The van der Waals surface area contributed by atoms with E-state index in [1.54, 1.807) is 6.07 Å². The summed E-state index contributed by atoms with van der Waals surface area (Å²) in [6.45, 7) is 2.08. The molecule has 1 aliphatic carbocycles. The third kappa shape index (κ3) is 3.41. The molecule has 1 fully saturated rings. The van der Waals surface area contributed by atoms with Crippen molar-refractivity contribution in [2.75, 3.05) is 5.73 Å². The van der Waals surface area contributed by atoms with Crippen LogP contribution in [0.25, 0.3) is 0 Å². The van der Waals surface area contributed by atoms with Gasteiger partial charge in [0.1, 0.15) is 4.90 Å². The molecule has 19 heavy (non-hydrogen) atoms. The molecule has 0 bridgehead atoms. The fourth-order valence-corrected chi connectivity index (χ4v) is 4.42. The molecular formula is C13H19ClN2O2S. The number of hydrogen-bond donors (Lipinski definition) is 2. The molecule has 106 valence electrons. The van der Waals surface area contributed by atoms with Gasteiger partial charge >= 0.3 is 0 Å². The molecule has 0 spiro atoms. The highest BCUT2D eigenvalue weighted by Crippen LogP contribution is 2.28. The molecule has 4 nitrogen and oxygen atoms in total. The van der Waals surface area contributed by atoms with Gasteiger partial charge in [0.15, 0.2) is 0 Å². The van der Waals surface area contributed by atoms with Crippen LogP contribution in [0.5, 0.6) is 0 Å². The number of halogens is 1. The molecule has 0 radical (unpaired) electrons. The van der Waals surface area contributed by atoms with Gasteiger partial charge in [-0.05, 0) is 37.0 Å². The minimum atomic E-state index is -3.58. The van der Waals surface area contributed by atoms with E-state index in [1.165, 1.54) is 18.6 Å². The topological polar surface area (TPSA) is 72.2 Å². The van der Waals surface area contributed by atoms with Gasteiger partial charge in [-0.3, -0.25) is 0 Å². The lowest BCUT2D eigenvalue weighted by molar-refractivity contribution is 0.310. The van der Waals surface area contributed by atoms with Gasteiger partial charge in [0.2, 0.25) is 10.0 Å². The van der Waals surface area contributed by atoms with Crippen molar-refractivity contribution in [3.63, 3.8) is 0 Å². The van der Waals surface area contributed by atoms with Gasteiger partial charge in [-0.15, -0.1) is 0 Å². The monoisotopic (exact) mass is 302 g/mol. The van der Waals surface area contributed by atoms with Gasteiger partial charge in [-0.2, -0.15) is 0 Å². The van der Waals surface area contributed by atoms with Crippen molar-refractivity contribution in [3.05, 3.63) is 23.2 Å². The Hall–Kier alpha value is -0.780. The Labute approximate surface area is 119 Å². The van der Waals surface area contributed by atoms with Crippen LogP contribution in [0.3, 0.4) is 0 Å². The second-order valence-corrected chi connectivity index (χ2v) is 7.27. The third-order valence-corrected chi connectivity index (χ3v) is 5.64. The summed E-state index contributed by atoms with van der Waals surface area (Å²) in [5.74, 6) is 0.357. The summed E-state index contributed by atoms with van der Waals surface area (Å²) >= 11 is 5.97. The van der Waals surface area contributed by atoms with Crippen LogP contribution in [0, 0.1) is 5.92 Å². The number of rotatable bonds is 3. The quantitative estimate of drug-likeness (QED) is 0.843. The normalized spacial score (nSPS) is 24.3. The molecule has 0 heterocycles. The van der Waals surface area contributed by atoms with Gasteiger partial charge in [0.05, 0.1) is 5.02 Å². The van der Waals surface area contributed by atoms with Gasteiger partial charge in [0.25, 0.3) is 0 Å². The Bertz CT molecular complexity index is 560. The van der Waals surface area contributed by atoms with Crippen LogP contribution >= 0.6 is 11.6 Å². The van der Waals surface area contributed by atoms with Crippen molar-refractivity contribution in [2.45, 2.75) is 43.5 Å². The smallest absolute Gasteiger partial charge is 0.242 e. The van der Waals surface area contributed by atoms with Crippen LogP contribution in [0.2, 0.25) is 5.02 Å². The van der Waals surface area contributed by atoms with E-state index in [4.69, 9.17) is 17.3 Å². The summed E-state index contributed by atoms with van der Waals surface area (Å²) in [5.41, 5.74) is 6.03. The standard InChI is InChI=1S/C13H19ClN2O2S/c1-9-4-2-3-5-12(9)16-19(17,18)13-7-6-10(15)8-11(13)14/h6-9,12,16H,2-5,15H2,1H3. The highest BCUT2D eigenvalue weighted by atomic mass is 35.5. The summed E-state index contributed by atoms with van der Waals surface area (Å²) in [5, 5.41) is 0.163. The predicted molar refractivity (Wildman–Crippen MR) is 77.6 cm³/mol. The molecule has 0 saturated heterocycles. The second kappa shape index (κ2) is 5.69. The van der Waals surface area contributed by atoms with E-state index < -0.39 is 10.0 Å². The summed E-state index contributed by atoms with van der Waals surface area (Å²) in [7, 11) is -3.58. The molecule has 0 aromatic heterocycles. The fourth-order valence-electron chi connectivity index (χ4n) is 2.49. The van der Waals surface area contributed by atoms with Gasteiger partial charge in [-0.25, -0.2) is 13.1 Å². The second-order valence-electron chi connectivity index (χ2n) is 5.18. The Morgan fingerprint density at radius 1 is 1.32 bits per heavy atom. The number of anilines is 1. The number of nitrogens with two attached hydrogens (primary N) is 1. The van der Waals surface area contributed by atoms with Gasteiger partial charge < -0.3 is 5.73 Å². The molecular weight excluding hydrogens is 284 g/mol. The largest absolute Gasteiger partial charge is 0.399 e. The first-order valence-electron chi connectivity index (χ1n) is 6.47. The Morgan fingerprint density at radius 2 is 2.00 bits per heavy atom. The van der Waals surface area contributed by atoms with Crippen molar-refractivity contribution < 1.29 is 8.42 Å². The maximum Gasteiger partial charge on any atom is 0.242 e. The zero-order valence-electron chi connectivity index (χ0n) is 10.9. The number of nitrogens with one attached hydrogen (secondary N) is 1. The molecule has 1 aromatic carbocycles. The molecule has 2 atom stereocenters. The van der Waals surface area contributed by atoms with Crippen LogP contribution in [0.1, 0.15) is 32.6 Å². The zero-order chi connectivity index (χ0) is 14.0. The van der Waals surface area contributed by atoms with E-state index >= 15 is 0 Å². The van der Waals surface area contributed by atoms with Crippen LogP contribution in [0.15, 0.2) is 23.1 Å². The number of benzene rings is 1. The van der Waals surface area contributed by atoms with Crippen molar-refractivity contribution in [2.24, 2.45) is 5.92 Å². The average Bonchev–Trinajstić information content (AvgIpc) is 2.31. The molecule has 2 rings (SSSR count). The van der Waals surface area contributed by atoms with Crippen molar-refractivity contribution in [1.29, 1.82) is 0 Å². The Balaban J connectivity index is 2.22. The van der Waals surface area contributed by atoms with E-state index in [-0.39, 0.29) is 16.0 Å². The molecule has 1 aromatic rings. The fraction of sp³-hybridized carbons (Fsp3) is 0.538. The molecule has 1 aliphatic rings. The molecule has 1 saturated carbocycles. The minimum Gasteiger partial charge on any atom is -0.399 e. The van der Waals surface area contributed by atoms with Crippen molar-refractivity contribution in [3.8, 4) is 0 Å². The van der Waals surface area contributed by atoms with Crippen LogP contribution in [-0.2, 0) is 10.0 Å². The Kier molecular flexibility index (Phi) is 4.38. The van der Waals surface area contributed by atoms with E-state index in [1.807, 2.05) is 0 Å². The Morgan fingerprint density at radius 3 is 2.63 bits per heavy atom. The lowest BCUT2D eigenvalue weighted by atomic mass is 9.87. The van der Waals surface area contributed by atoms with E-state index in [2.05, 4.69) is 11.6 Å². The molecule has 0 amide bonds. The first-order valence-corrected chi connectivity index (χ1v) is 8.33. The summed E-state index contributed by atoms with van der Waals surface area (Å²) < 4.78 is 27.5. The van der Waals surface area contributed by atoms with Crippen molar-refractivity contribution in [1.82, 2.24) is 4.72 Å². The predicted octanol–water partition coefficient (Wildman–Crippen LogP) is 2.78. The summed E-state index contributed by atoms with van der Waals surface area (Å²) in [6.07, 6.45) is 4.17. The maximum atomic E-state index is 12.3. The van der Waals surface area contributed by atoms with Crippen molar-refractivity contribution >= 4 is 27.3 Å². The van der Waals surface area contributed by atoms with Crippen LogP contribution in [-0.4, -0.2) is 14.5 Å². The zero-order valence-corrected chi connectivity index (χ0v) is 12.5. The average molecular weight is 303 g/mol.